The molecule has 0 aromatic rings. The van der Waals surface area contributed by atoms with Crippen molar-refractivity contribution in [3.05, 3.63) is 0 Å². The summed E-state index contributed by atoms with van der Waals surface area (Å²) in [4.78, 5) is 35.5. The monoisotopic (exact) mass is 389 g/mol. The molecule has 0 atom stereocenters. The first-order valence-corrected chi connectivity index (χ1v) is 9.33. The SMILES string of the molecule is CCC(COC(=O)CCNC)(COC(=O)CCNC)COC(=O)CCNC. The van der Waals surface area contributed by atoms with Crippen LogP contribution in [0.5, 0.6) is 0 Å². The molecule has 0 bridgehead atoms. The van der Waals surface area contributed by atoms with E-state index >= 15 is 0 Å². The van der Waals surface area contributed by atoms with Gasteiger partial charge in [0, 0.05) is 19.6 Å². The molecule has 0 rings (SSSR count). The molecule has 0 heterocycles. The third-order valence-corrected chi connectivity index (χ3v) is 4.11. The number of esters is 3. The van der Waals surface area contributed by atoms with Gasteiger partial charge in [0.05, 0.1) is 24.7 Å². The van der Waals surface area contributed by atoms with Crippen molar-refractivity contribution in [1.82, 2.24) is 16.0 Å². The summed E-state index contributed by atoms with van der Waals surface area (Å²) in [6.07, 6.45) is 1.23. The van der Waals surface area contributed by atoms with Crippen LogP contribution in [0.4, 0.5) is 0 Å². The van der Waals surface area contributed by atoms with Crippen molar-refractivity contribution >= 4 is 17.9 Å². The molecule has 9 nitrogen and oxygen atoms in total. The van der Waals surface area contributed by atoms with Gasteiger partial charge < -0.3 is 30.2 Å². The second kappa shape index (κ2) is 15.4. The maximum absolute atomic E-state index is 11.8. The van der Waals surface area contributed by atoms with Crippen LogP contribution in [-0.4, -0.2) is 78.5 Å². The average Bonchev–Trinajstić information content (AvgIpc) is 2.68. The average molecular weight is 389 g/mol. The Morgan fingerprint density at radius 2 is 0.963 bits per heavy atom. The summed E-state index contributed by atoms with van der Waals surface area (Å²) >= 11 is 0. The van der Waals surface area contributed by atoms with Gasteiger partial charge in [0.15, 0.2) is 0 Å². The standard InChI is InChI=1S/C18H35N3O6/c1-5-18(12-25-15(22)6-9-19-2,13-26-16(23)7-10-20-3)14-27-17(24)8-11-21-4/h19-21H,5-14H2,1-4H3. The molecule has 0 saturated carbocycles. The molecule has 0 aliphatic rings. The van der Waals surface area contributed by atoms with Crippen LogP contribution in [0.25, 0.3) is 0 Å². The Morgan fingerprint density at radius 1 is 0.667 bits per heavy atom. The summed E-state index contributed by atoms with van der Waals surface area (Å²) in [5, 5.41) is 8.63. The van der Waals surface area contributed by atoms with Gasteiger partial charge in [0.2, 0.25) is 0 Å². The highest BCUT2D eigenvalue weighted by molar-refractivity contribution is 5.70. The number of hydrogen-bond acceptors (Lipinski definition) is 9. The maximum atomic E-state index is 11.8. The summed E-state index contributed by atoms with van der Waals surface area (Å²) in [6, 6.07) is 0. The summed E-state index contributed by atoms with van der Waals surface area (Å²) in [5.41, 5.74) is -0.764. The van der Waals surface area contributed by atoms with Crippen LogP contribution in [-0.2, 0) is 28.6 Å². The van der Waals surface area contributed by atoms with Crippen molar-refractivity contribution in [2.24, 2.45) is 5.41 Å². The fourth-order valence-electron chi connectivity index (χ4n) is 2.03. The fourth-order valence-corrected chi connectivity index (χ4v) is 2.03. The van der Waals surface area contributed by atoms with Crippen LogP contribution in [0.3, 0.4) is 0 Å². The molecule has 0 fully saturated rings. The minimum atomic E-state index is -0.764. The van der Waals surface area contributed by atoms with Gasteiger partial charge in [0.25, 0.3) is 0 Å². The lowest BCUT2D eigenvalue weighted by atomic mass is 9.88. The molecule has 3 N–H and O–H groups in total. The topological polar surface area (TPSA) is 115 Å². The summed E-state index contributed by atoms with van der Waals surface area (Å²) in [5.74, 6) is -1.07. The zero-order chi connectivity index (χ0) is 20.5. The molecule has 9 heteroatoms. The van der Waals surface area contributed by atoms with Gasteiger partial charge >= 0.3 is 17.9 Å². The van der Waals surface area contributed by atoms with E-state index in [2.05, 4.69) is 16.0 Å². The van der Waals surface area contributed by atoms with Crippen LogP contribution in [0, 0.1) is 5.41 Å². The Labute approximate surface area is 161 Å². The third kappa shape index (κ3) is 12.3. The van der Waals surface area contributed by atoms with E-state index in [-0.39, 0.29) is 57.0 Å². The van der Waals surface area contributed by atoms with E-state index in [1.54, 1.807) is 21.1 Å². The summed E-state index contributed by atoms with van der Waals surface area (Å²) < 4.78 is 16.0. The molecule has 0 radical (unpaired) electrons. The number of carbonyl (C=O) groups is 3. The molecule has 0 spiro atoms. The highest BCUT2D eigenvalue weighted by Gasteiger charge is 2.34. The van der Waals surface area contributed by atoms with Crippen molar-refractivity contribution in [2.75, 3.05) is 60.6 Å². The van der Waals surface area contributed by atoms with Gasteiger partial charge in [-0.1, -0.05) is 6.92 Å². The second-order valence-corrected chi connectivity index (χ2v) is 6.40. The summed E-state index contributed by atoms with van der Waals surface area (Å²) in [6.45, 7) is 3.46. The van der Waals surface area contributed by atoms with Crippen LogP contribution in [0.15, 0.2) is 0 Å². The Morgan fingerprint density at radius 3 is 1.19 bits per heavy atom. The quantitative estimate of drug-likeness (QED) is 0.245. The smallest absolute Gasteiger partial charge is 0.307 e. The van der Waals surface area contributed by atoms with Gasteiger partial charge in [-0.15, -0.1) is 0 Å². The zero-order valence-corrected chi connectivity index (χ0v) is 17.0. The Hall–Kier alpha value is -1.71. The molecular formula is C18H35N3O6. The molecule has 0 aliphatic carbocycles. The highest BCUT2D eigenvalue weighted by atomic mass is 16.6. The first-order chi connectivity index (χ1) is 12.9. The van der Waals surface area contributed by atoms with Gasteiger partial charge in [0.1, 0.15) is 19.8 Å². The number of rotatable bonds is 16. The van der Waals surface area contributed by atoms with Crippen molar-refractivity contribution in [2.45, 2.75) is 32.6 Å². The minimum absolute atomic E-state index is 0.0185. The fraction of sp³-hybridized carbons (Fsp3) is 0.833. The maximum Gasteiger partial charge on any atom is 0.307 e. The van der Waals surface area contributed by atoms with Crippen molar-refractivity contribution in [3.8, 4) is 0 Å². The molecule has 0 saturated heterocycles. The van der Waals surface area contributed by atoms with E-state index in [1.807, 2.05) is 6.92 Å². The van der Waals surface area contributed by atoms with Gasteiger partial charge in [-0.2, -0.15) is 0 Å². The normalized spacial score (nSPS) is 11.1. The first kappa shape index (κ1) is 25.3. The largest absolute Gasteiger partial charge is 0.465 e. The van der Waals surface area contributed by atoms with Crippen LogP contribution < -0.4 is 16.0 Å². The van der Waals surface area contributed by atoms with Gasteiger partial charge in [-0.3, -0.25) is 14.4 Å². The summed E-state index contributed by atoms with van der Waals surface area (Å²) in [7, 11) is 5.25. The van der Waals surface area contributed by atoms with Crippen LogP contribution >= 0.6 is 0 Å². The second-order valence-electron chi connectivity index (χ2n) is 6.40. The predicted molar refractivity (Wildman–Crippen MR) is 101 cm³/mol. The molecule has 158 valence electrons. The molecule has 27 heavy (non-hydrogen) atoms. The Kier molecular flexibility index (Phi) is 14.4. The molecule has 0 amide bonds. The number of hydrogen-bond donors (Lipinski definition) is 3. The number of carbonyl (C=O) groups excluding carboxylic acids is 3. The zero-order valence-electron chi connectivity index (χ0n) is 17.0. The number of nitrogens with one attached hydrogen (secondary N) is 3. The van der Waals surface area contributed by atoms with Crippen LogP contribution in [0.1, 0.15) is 32.6 Å². The molecular weight excluding hydrogens is 354 g/mol. The molecule has 0 aromatic heterocycles. The lowest BCUT2D eigenvalue weighted by Gasteiger charge is -2.31. The van der Waals surface area contributed by atoms with Crippen molar-refractivity contribution < 1.29 is 28.6 Å². The van der Waals surface area contributed by atoms with E-state index in [0.717, 1.165) is 0 Å². The van der Waals surface area contributed by atoms with Crippen molar-refractivity contribution in [1.29, 1.82) is 0 Å². The molecule has 0 unspecified atom stereocenters. The van der Waals surface area contributed by atoms with Gasteiger partial charge in [-0.05, 0) is 27.6 Å². The van der Waals surface area contributed by atoms with E-state index in [1.165, 1.54) is 0 Å². The Balaban J connectivity index is 4.82. The lowest BCUT2D eigenvalue weighted by Crippen LogP contribution is -2.39. The third-order valence-electron chi connectivity index (χ3n) is 4.11. The van der Waals surface area contributed by atoms with E-state index < -0.39 is 5.41 Å². The van der Waals surface area contributed by atoms with Crippen LogP contribution in [0.2, 0.25) is 0 Å². The lowest BCUT2D eigenvalue weighted by molar-refractivity contribution is -0.162. The first-order valence-electron chi connectivity index (χ1n) is 9.33. The van der Waals surface area contributed by atoms with E-state index in [4.69, 9.17) is 14.2 Å². The minimum Gasteiger partial charge on any atom is -0.465 e. The van der Waals surface area contributed by atoms with Crippen molar-refractivity contribution in [3.63, 3.8) is 0 Å². The highest BCUT2D eigenvalue weighted by Crippen LogP contribution is 2.25. The number of ether oxygens (including phenoxy) is 3. The molecule has 0 aromatic carbocycles. The van der Waals surface area contributed by atoms with E-state index in [0.29, 0.717) is 26.1 Å². The predicted octanol–water partition coefficient (Wildman–Crippen LogP) is -0.159. The van der Waals surface area contributed by atoms with E-state index in [9.17, 15) is 14.4 Å². The van der Waals surface area contributed by atoms with Gasteiger partial charge in [-0.25, -0.2) is 0 Å². The molecule has 0 aliphatic heterocycles. The Bertz CT molecular complexity index is 385.